The maximum absolute atomic E-state index is 12.9. The molecule has 0 N–H and O–H groups in total. The van der Waals surface area contributed by atoms with Crippen LogP contribution < -0.4 is 0 Å². The van der Waals surface area contributed by atoms with Crippen LogP contribution in [-0.4, -0.2) is 24.4 Å². The van der Waals surface area contributed by atoms with Crippen LogP contribution in [0.2, 0.25) is 0 Å². The largest absolute Gasteiger partial charge is 0.345 e. The van der Waals surface area contributed by atoms with Crippen molar-refractivity contribution in [2.75, 3.05) is 13.6 Å². The highest BCUT2D eigenvalue weighted by molar-refractivity contribution is 5.88. The second-order valence-corrected chi connectivity index (χ2v) is 6.06. The maximum atomic E-state index is 12.9. The van der Waals surface area contributed by atoms with Crippen LogP contribution in [0, 0.1) is 13.8 Å². The predicted molar refractivity (Wildman–Crippen MR) is 85.5 cm³/mol. The summed E-state index contributed by atoms with van der Waals surface area (Å²) in [5.41, 5.74) is 5.99. The molecule has 1 amide bonds. The number of likely N-dealkylation sites (N-methyl/N-ethyl adjacent to an activating group) is 1. The molecule has 0 aliphatic carbocycles. The molecule has 1 aliphatic heterocycles. The molecule has 0 radical (unpaired) electrons. The number of hydrogen-bond acceptors (Lipinski definition) is 1. The topological polar surface area (TPSA) is 20.3 Å². The number of amides is 1. The highest BCUT2D eigenvalue weighted by atomic mass is 16.2. The van der Waals surface area contributed by atoms with E-state index < -0.39 is 0 Å². The monoisotopic (exact) mass is 279 g/mol. The molecule has 0 bridgehead atoms. The number of aryl methyl sites for hydroxylation is 2. The number of nitrogens with zero attached hydrogens (tertiary/aromatic N) is 1. The summed E-state index contributed by atoms with van der Waals surface area (Å²) in [6.45, 7) is 4.97. The van der Waals surface area contributed by atoms with E-state index in [2.05, 4.69) is 50.2 Å². The summed E-state index contributed by atoms with van der Waals surface area (Å²) in [5, 5.41) is 0. The first-order valence-electron chi connectivity index (χ1n) is 7.47. The SMILES string of the molecule is Cc1cc(C)cc([C@H]2C(=O)N(C)CCc3ccccc32)c1. The molecule has 0 saturated carbocycles. The van der Waals surface area contributed by atoms with Gasteiger partial charge in [0.1, 0.15) is 0 Å². The van der Waals surface area contributed by atoms with Gasteiger partial charge in [-0.05, 0) is 37.0 Å². The van der Waals surface area contributed by atoms with E-state index in [9.17, 15) is 4.79 Å². The molecule has 0 aromatic heterocycles. The fraction of sp³-hybridized carbons (Fsp3) is 0.316. The molecule has 0 fully saturated rings. The lowest BCUT2D eigenvalue weighted by atomic mass is 9.86. The molecule has 0 spiro atoms. The molecule has 108 valence electrons. The maximum Gasteiger partial charge on any atom is 0.234 e. The van der Waals surface area contributed by atoms with Crippen LogP contribution in [0.25, 0.3) is 0 Å². The third-order valence-corrected chi connectivity index (χ3v) is 4.28. The fourth-order valence-corrected chi connectivity index (χ4v) is 3.29. The quantitative estimate of drug-likeness (QED) is 0.783. The van der Waals surface area contributed by atoms with Crippen molar-refractivity contribution < 1.29 is 4.79 Å². The Morgan fingerprint density at radius 1 is 1.05 bits per heavy atom. The van der Waals surface area contributed by atoms with E-state index in [1.165, 1.54) is 16.7 Å². The third-order valence-electron chi connectivity index (χ3n) is 4.28. The van der Waals surface area contributed by atoms with Gasteiger partial charge < -0.3 is 4.90 Å². The summed E-state index contributed by atoms with van der Waals surface area (Å²) in [6.07, 6.45) is 0.930. The van der Waals surface area contributed by atoms with Crippen molar-refractivity contribution in [3.63, 3.8) is 0 Å². The van der Waals surface area contributed by atoms with Crippen molar-refractivity contribution in [1.82, 2.24) is 4.90 Å². The smallest absolute Gasteiger partial charge is 0.234 e. The van der Waals surface area contributed by atoms with Crippen LogP contribution in [-0.2, 0) is 11.2 Å². The van der Waals surface area contributed by atoms with Gasteiger partial charge in [-0.2, -0.15) is 0 Å². The average Bonchev–Trinajstić information content (AvgIpc) is 2.56. The predicted octanol–water partition coefficient (Wildman–Crippen LogP) is 3.45. The summed E-state index contributed by atoms with van der Waals surface area (Å²) in [5.74, 6) is 0.0252. The standard InChI is InChI=1S/C19H21NO/c1-13-10-14(2)12-16(11-13)18-17-7-5-4-6-15(17)8-9-20(3)19(18)21/h4-7,10-12,18H,8-9H2,1-3H3/t18-/m1/s1. The number of benzene rings is 2. The lowest BCUT2D eigenvalue weighted by molar-refractivity contribution is -0.130. The van der Waals surface area contributed by atoms with E-state index in [0.29, 0.717) is 0 Å². The van der Waals surface area contributed by atoms with Crippen LogP contribution in [0.3, 0.4) is 0 Å². The first kappa shape index (κ1) is 13.9. The van der Waals surface area contributed by atoms with Crippen molar-refractivity contribution in [3.8, 4) is 0 Å². The van der Waals surface area contributed by atoms with E-state index in [4.69, 9.17) is 0 Å². The molecule has 3 rings (SSSR count). The van der Waals surface area contributed by atoms with Crippen LogP contribution in [0.5, 0.6) is 0 Å². The van der Waals surface area contributed by atoms with Gasteiger partial charge in [0.25, 0.3) is 0 Å². The Morgan fingerprint density at radius 2 is 1.71 bits per heavy atom. The highest BCUT2D eigenvalue weighted by Gasteiger charge is 2.30. The van der Waals surface area contributed by atoms with Gasteiger partial charge in [0.2, 0.25) is 5.91 Å². The van der Waals surface area contributed by atoms with Gasteiger partial charge in [-0.3, -0.25) is 4.79 Å². The van der Waals surface area contributed by atoms with Crippen LogP contribution in [0.15, 0.2) is 42.5 Å². The average molecular weight is 279 g/mol. The van der Waals surface area contributed by atoms with Crippen molar-refractivity contribution in [2.45, 2.75) is 26.2 Å². The minimum Gasteiger partial charge on any atom is -0.345 e. The Hall–Kier alpha value is -2.09. The van der Waals surface area contributed by atoms with Crippen molar-refractivity contribution in [3.05, 3.63) is 70.3 Å². The molecule has 2 heteroatoms. The van der Waals surface area contributed by atoms with Gasteiger partial charge in [0.15, 0.2) is 0 Å². The Bertz CT molecular complexity index is 669. The number of fused-ring (bicyclic) bond motifs is 1. The summed E-state index contributed by atoms with van der Waals surface area (Å²) in [6, 6.07) is 14.8. The summed E-state index contributed by atoms with van der Waals surface area (Å²) in [4.78, 5) is 14.7. The van der Waals surface area contributed by atoms with Gasteiger partial charge in [0, 0.05) is 13.6 Å². The number of carbonyl (C=O) groups excluding carboxylic acids is 1. The van der Waals surface area contributed by atoms with E-state index in [1.807, 2.05) is 18.0 Å². The molecule has 1 aliphatic rings. The van der Waals surface area contributed by atoms with Gasteiger partial charge in [-0.25, -0.2) is 0 Å². The molecule has 2 aromatic carbocycles. The molecule has 1 heterocycles. The van der Waals surface area contributed by atoms with E-state index in [0.717, 1.165) is 24.1 Å². The Kier molecular flexibility index (Phi) is 3.54. The molecule has 0 saturated heterocycles. The lowest BCUT2D eigenvalue weighted by Gasteiger charge is -2.22. The molecule has 2 nitrogen and oxygen atoms in total. The first-order valence-corrected chi connectivity index (χ1v) is 7.47. The molecule has 0 unspecified atom stereocenters. The first-order chi connectivity index (χ1) is 10.1. The van der Waals surface area contributed by atoms with Crippen molar-refractivity contribution in [1.29, 1.82) is 0 Å². The molecule has 21 heavy (non-hydrogen) atoms. The zero-order valence-electron chi connectivity index (χ0n) is 12.9. The van der Waals surface area contributed by atoms with Gasteiger partial charge >= 0.3 is 0 Å². The van der Waals surface area contributed by atoms with Crippen molar-refractivity contribution in [2.24, 2.45) is 0 Å². The Morgan fingerprint density at radius 3 is 2.43 bits per heavy atom. The number of carbonyl (C=O) groups is 1. The van der Waals surface area contributed by atoms with Crippen LogP contribution >= 0.6 is 0 Å². The van der Waals surface area contributed by atoms with Crippen LogP contribution in [0.1, 0.15) is 33.7 Å². The van der Waals surface area contributed by atoms with Crippen molar-refractivity contribution >= 4 is 5.91 Å². The highest BCUT2D eigenvalue weighted by Crippen LogP contribution is 2.32. The molecular formula is C19H21NO. The Balaban J connectivity index is 2.19. The van der Waals surface area contributed by atoms with Gasteiger partial charge in [0.05, 0.1) is 5.92 Å². The molecular weight excluding hydrogens is 258 g/mol. The fourth-order valence-electron chi connectivity index (χ4n) is 3.29. The number of rotatable bonds is 1. The van der Waals surface area contributed by atoms with E-state index in [-0.39, 0.29) is 11.8 Å². The minimum atomic E-state index is -0.174. The summed E-state index contributed by atoms with van der Waals surface area (Å²) >= 11 is 0. The second-order valence-electron chi connectivity index (χ2n) is 6.06. The number of hydrogen-bond donors (Lipinski definition) is 0. The van der Waals surface area contributed by atoms with E-state index in [1.54, 1.807) is 0 Å². The van der Waals surface area contributed by atoms with Gasteiger partial charge in [-0.1, -0.05) is 53.6 Å². The van der Waals surface area contributed by atoms with E-state index >= 15 is 0 Å². The third kappa shape index (κ3) is 2.58. The summed E-state index contributed by atoms with van der Waals surface area (Å²) in [7, 11) is 1.91. The Labute approximate surface area is 126 Å². The summed E-state index contributed by atoms with van der Waals surface area (Å²) < 4.78 is 0. The van der Waals surface area contributed by atoms with Crippen LogP contribution in [0.4, 0.5) is 0 Å². The minimum absolute atomic E-state index is 0.174. The lowest BCUT2D eigenvalue weighted by Crippen LogP contribution is -2.31. The normalized spacial score (nSPS) is 18.3. The molecule has 1 atom stereocenters. The zero-order valence-corrected chi connectivity index (χ0v) is 12.9. The second kappa shape index (κ2) is 5.36. The molecule has 2 aromatic rings. The van der Waals surface area contributed by atoms with Gasteiger partial charge in [-0.15, -0.1) is 0 Å². The zero-order chi connectivity index (χ0) is 15.0.